The minimum absolute atomic E-state index is 0.00473. The number of nitrogens with zero attached hydrogens (tertiary/aromatic N) is 1. The highest BCUT2D eigenvalue weighted by molar-refractivity contribution is 8.00. The lowest BCUT2D eigenvalue weighted by atomic mass is 10.3. The molecule has 92 valence electrons. The smallest absolute Gasteiger partial charge is 0.239 e. The van der Waals surface area contributed by atoms with Crippen LogP contribution >= 0.6 is 23.1 Å². The average molecular weight is 270 g/mol. The number of likely N-dealkylation sites (N-methyl/N-ethyl adjacent to an activating group) is 1. The highest BCUT2D eigenvalue weighted by Gasteiger charge is 2.34. The molecule has 2 heterocycles. The zero-order chi connectivity index (χ0) is 12.3. The van der Waals surface area contributed by atoms with Crippen molar-refractivity contribution in [2.24, 2.45) is 0 Å². The quantitative estimate of drug-likeness (QED) is 0.901. The average Bonchev–Trinajstić information content (AvgIpc) is 2.90. The van der Waals surface area contributed by atoms with Crippen LogP contribution in [0.15, 0.2) is 17.5 Å². The van der Waals surface area contributed by atoms with E-state index in [-0.39, 0.29) is 23.7 Å². The lowest BCUT2D eigenvalue weighted by Crippen LogP contribution is -2.39. The number of hydrogen-bond donors (Lipinski definition) is 1. The number of nitrogens with one attached hydrogen (secondary N) is 1. The summed E-state index contributed by atoms with van der Waals surface area (Å²) in [7, 11) is 0. The van der Waals surface area contributed by atoms with Gasteiger partial charge in [0.15, 0.2) is 0 Å². The molecule has 2 rings (SSSR count). The van der Waals surface area contributed by atoms with Gasteiger partial charge in [-0.1, -0.05) is 6.07 Å². The molecule has 0 aromatic carbocycles. The van der Waals surface area contributed by atoms with Crippen molar-refractivity contribution in [1.82, 2.24) is 10.2 Å². The molecule has 17 heavy (non-hydrogen) atoms. The van der Waals surface area contributed by atoms with Crippen molar-refractivity contribution >= 4 is 34.9 Å². The zero-order valence-corrected chi connectivity index (χ0v) is 11.1. The first-order valence-corrected chi connectivity index (χ1v) is 7.36. The number of amides is 2. The molecule has 1 aromatic heterocycles. The highest BCUT2D eigenvalue weighted by Crippen LogP contribution is 2.40. The Bertz CT molecular complexity index is 406. The van der Waals surface area contributed by atoms with Gasteiger partial charge in [-0.05, 0) is 18.4 Å². The minimum Gasteiger partial charge on any atom is -0.355 e. The van der Waals surface area contributed by atoms with Gasteiger partial charge in [0.1, 0.15) is 11.9 Å². The van der Waals surface area contributed by atoms with Crippen molar-refractivity contribution in [2.45, 2.75) is 12.3 Å². The van der Waals surface area contributed by atoms with Crippen LogP contribution in [-0.2, 0) is 9.59 Å². The number of hydrogen-bond acceptors (Lipinski definition) is 4. The van der Waals surface area contributed by atoms with Crippen molar-refractivity contribution in [3.63, 3.8) is 0 Å². The summed E-state index contributed by atoms with van der Waals surface area (Å²) in [5.41, 5.74) is 0. The van der Waals surface area contributed by atoms with E-state index in [1.165, 1.54) is 0 Å². The van der Waals surface area contributed by atoms with Gasteiger partial charge in [-0.2, -0.15) is 0 Å². The van der Waals surface area contributed by atoms with Gasteiger partial charge in [-0.3, -0.25) is 9.59 Å². The van der Waals surface area contributed by atoms with Gasteiger partial charge < -0.3 is 10.2 Å². The van der Waals surface area contributed by atoms with Crippen molar-refractivity contribution < 1.29 is 9.59 Å². The first kappa shape index (κ1) is 12.4. The monoisotopic (exact) mass is 270 g/mol. The summed E-state index contributed by atoms with van der Waals surface area (Å²) >= 11 is 3.20. The third kappa shape index (κ3) is 2.81. The predicted octanol–water partition coefficient (Wildman–Crippen LogP) is 1.46. The zero-order valence-electron chi connectivity index (χ0n) is 9.51. The second-order valence-corrected chi connectivity index (χ2v) is 5.70. The van der Waals surface area contributed by atoms with E-state index in [2.05, 4.69) is 5.32 Å². The standard InChI is InChI=1S/C11H14N2O2S2/c1-2-12-9(14)6-13-10(15)7-17-11(13)8-4-3-5-16-8/h3-5,11H,2,6-7H2,1H3,(H,12,14)/t11-/m0/s1. The Kier molecular flexibility index (Phi) is 4.06. The number of rotatable bonds is 4. The molecule has 1 aliphatic rings. The van der Waals surface area contributed by atoms with Crippen LogP contribution in [0, 0.1) is 0 Å². The SMILES string of the molecule is CCNC(=O)CN1C(=O)CS[C@H]1c1cccs1. The van der Waals surface area contributed by atoms with E-state index in [9.17, 15) is 9.59 Å². The van der Waals surface area contributed by atoms with Crippen LogP contribution in [0.2, 0.25) is 0 Å². The van der Waals surface area contributed by atoms with E-state index >= 15 is 0 Å². The molecule has 0 radical (unpaired) electrons. The summed E-state index contributed by atoms with van der Waals surface area (Å²) in [6, 6.07) is 3.97. The van der Waals surface area contributed by atoms with E-state index in [0.29, 0.717) is 12.3 Å². The van der Waals surface area contributed by atoms with Gasteiger partial charge >= 0.3 is 0 Å². The summed E-state index contributed by atoms with van der Waals surface area (Å²) < 4.78 is 0. The summed E-state index contributed by atoms with van der Waals surface area (Å²) in [5, 5.41) is 4.71. The molecular weight excluding hydrogens is 256 g/mol. The molecule has 1 saturated heterocycles. The maximum absolute atomic E-state index is 11.7. The molecule has 0 unspecified atom stereocenters. The van der Waals surface area contributed by atoms with Gasteiger partial charge in [0.2, 0.25) is 11.8 Å². The fourth-order valence-corrected chi connectivity index (χ4v) is 3.87. The van der Waals surface area contributed by atoms with Gasteiger partial charge in [0.25, 0.3) is 0 Å². The molecule has 0 spiro atoms. The Labute approximate surface area is 108 Å². The Balaban J connectivity index is 2.07. The van der Waals surface area contributed by atoms with E-state index < -0.39 is 0 Å². The maximum Gasteiger partial charge on any atom is 0.239 e. The Morgan fingerprint density at radius 3 is 3.12 bits per heavy atom. The van der Waals surface area contributed by atoms with Gasteiger partial charge in [-0.25, -0.2) is 0 Å². The van der Waals surface area contributed by atoms with Crippen LogP contribution < -0.4 is 5.32 Å². The van der Waals surface area contributed by atoms with Gasteiger partial charge in [-0.15, -0.1) is 23.1 Å². The van der Waals surface area contributed by atoms with Crippen LogP contribution in [0.3, 0.4) is 0 Å². The molecule has 1 aromatic rings. The molecular formula is C11H14N2O2S2. The second-order valence-electron chi connectivity index (χ2n) is 3.65. The fourth-order valence-electron chi connectivity index (χ4n) is 1.70. The summed E-state index contributed by atoms with van der Waals surface area (Å²) in [5.74, 6) is 0.409. The van der Waals surface area contributed by atoms with Crippen LogP contribution in [0.5, 0.6) is 0 Å². The molecule has 1 atom stereocenters. The van der Waals surface area contributed by atoms with E-state index in [1.807, 2.05) is 24.4 Å². The Morgan fingerprint density at radius 2 is 2.47 bits per heavy atom. The third-order valence-electron chi connectivity index (χ3n) is 2.44. The molecule has 0 bridgehead atoms. The van der Waals surface area contributed by atoms with Crippen molar-refractivity contribution in [1.29, 1.82) is 0 Å². The molecule has 6 heteroatoms. The topological polar surface area (TPSA) is 49.4 Å². The molecule has 1 N–H and O–H groups in total. The molecule has 0 saturated carbocycles. The summed E-state index contributed by atoms with van der Waals surface area (Å²) in [6.45, 7) is 2.62. The maximum atomic E-state index is 11.7. The normalized spacial score (nSPS) is 19.7. The van der Waals surface area contributed by atoms with Crippen LogP contribution in [-0.4, -0.2) is 35.6 Å². The first-order chi connectivity index (χ1) is 8.22. The Morgan fingerprint density at radius 1 is 1.65 bits per heavy atom. The minimum atomic E-state index is -0.0927. The van der Waals surface area contributed by atoms with Gasteiger partial charge in [0, 0.05) is 11.4 Å². The lowest BCUT2D eigenvalue weighted by Gasteiger charge is -2.22. The fraction of sp³-hybridized carbons (Fsp3) is 0.455. The number of thiophene rings is 1. The first-order valence-electron chi connectivity index (χ1n) is 5.43. The van der Waals surface area contributed by atoms with Crippen LogP contribution in [0.1, 0.15) is 17.2 Å². The van der Waals surface area contributed by atoms with Crippen LogP contribution in [0.25, 0.3) is 0 Å². The second kappa shape index (κ2) is 5.55. The van der Waals surface area contributed by atoms with E-state index in [1.54, 1.807) is 28.0 Å². The number of carbonyl (C=O) groups excluding carboxylic acids is 2. The molecule has 0 aliphatic carbocycles. The lowest BCUT2D eigenvalue weighted by molar-refractivity contribution is -0.133. The molecule has 4 nitrogen and oxygen atoms in total. The van der Waals surface area contributed by atoms with E-state index in [4.69, 9.17) is 0 Å². The van der Waals surface area contributed by atoms with Gasteiger partial charge in [0.05, 0.1) is 5.75 Å². The Hall–Kier alpha value is -1.01. The van der Waals surface area contributed by atoms with Crippen molar-refractivity contribution in [3.8, 4) is 0 Å². The number of carbonyl (C=O) groups is 2. The largest absolute Gasteiger partial charge is 0.355 e. The van der Waals surface area contributed by atoms with Crippen LogP contribution in [0.4, 0.5) is 0 Å². The predicted molar refractivity (Wildman–Crippen MR) is 69.9 cm³/mol. The highest BCUT2D eigenvalue weighted by atomic mass is 32.2. The summed E-state index contributed by atoms with van der Waals surface area (Å²) in [4.78, 5) is 26.1. The molecule has 2 amide bonds. The van der Waals surface area contributed by atoms with Crippen molar-refractivity contribution in [2.75, 3.05) is 18.8 Å². The summed E-state index contributed by atoms with van der Waals surface area (Å²) in [6.07, 6.45) is 0. The molecule has 1 aliphatic heterocycles. The number of thioether (sulfide) groups is 1. The van der Waals surface area contributed by atoms with Crippen molar-refractivity contribution in [3.05, 3.63) is 22.4 Å². The third-order valence-corrected chi connectivity index (χ3v) is 4.75. The molecule has 1 fully saturated rings. The van der Waals surface area contributed by atoms with E-state index in [0.717, 1.165) is 4.88 Å².